The number of carbonyl (C=O) groups is 2. The van der Waals surface area contributed by atoms with Crippen LogP contribution >= 0.6 is 11.6 Å². The first-order valence-electron chi connectivity index (χ1n) is 10.7. The maximum atomic E-state index is 13.6. The van der Waals surface area contributed by atoms with Gasteiger partial charge in [-0.05, 0) is 69.8 Å². The van der Waals surface area contributed by atoms with Crippen molar-refractivity contribution >= 4 is 29.1 Å². The maximum absolute atomic E-state index is 13.6. The van der Waals surface area contributed by atoms with Crippen molar-refractivity contribution in [3.63, 3.8) is 0 Å². The molecule has 0 aromatic heterocycles. The molecular weight excluding hydrogens is 465 g/mol. The molecule has 184 valence electrons. The number of nitrogens with zero attached hydrogens (tertiary/aromatic N) is 7. The quantitative estimate of drug-likeness (QED) is 0.239. The summed E-state index contributed by atoms with van der Waals surface area (Å²) in [4.78, 5) is 32.8. The summed E-state index contributed by atoms with van der Waals surface area (Å²) < 4.78 is 13.6. The van der Waals surface area contributed by atoms with Crippen LogP contribution in [0.2, 0.25) is 5.02 Å². The number of likely N-dealkylation sites (tertiary alicyclic amines) is 1. The van der Waals surface area contributed by atoms with E-state index in [1.54, 1.807) is 6.92 Å². The number of hydrogen-bond acceptors (Lipinski definition) is 5. The zero-order chi connectivity index (χ0) is 25.7. The normalized spacial score (nSPS) is 19.1. The van der Waals surface area contributed by atoms with Gasteiger partial charge in [0.15, 0.2) is 0 Å². The van der Waals surface area contributed by atoms with Crippen molar-refractivity contribution < 1.29 is 14.0 Å². The number of azide groups is 2. The van der Waals surface area contributed by atoms with Crippen LogP contribution in [0.15, 0.2) is 28.4 Å². The number of anilines is 1. The van der Waals surface area contributed by atoms with Gasteiger partial charge in [-0.15, -0.1) is 0 Å². The number of hydrogen-bond donors (Lipinski definition) is 2. The van der Waals surface area contributed by atoms with Crippen molar-refractivity contribution in [1.29, 1.82) is 0 Å². The predicted octanol–water partition coefficient (Wildman–Crippen LogP) is 4.93. The first-order valence-corrected chi connectivity index (χ1v) is 11.1. The molecule has 2 unspecified atom stereocenters. The number of carbonyl (C=O) groups excluding carboxylic acids is 2. The molecule has 1 saturated heterocycles. The first-order chi connectivity index (χ1) is 15.8. The van der Waals surface area contributed by atoms with Crippen LogP contribution in [0.1, 0.15) is 47.5 Å². The standard InChI is InChI=1S/C21H29ClFN9O2/c1-12(28-30-24)17(29-31-25)11-32-20(2,3)9-14(10-21(32,4)5)27-19(34)18(33)26-13-6-7-15(22)16(23)8-13/h6-8,12,14,17H,9-11H2,1-5H3,(H,26,33)(H,27,34). The first kappa shape index (κ1) is 27.2. The third kappa shape index (κ3) is 6.74. The van der Waals surface area contributed by atoms with Crippen LogP contribution < -0.4 is 10.6 Å². The van der Waals surface area contributed by atoms with E-state index in [1.165, 1.54) is 12.1 Å². The Bertz CT molecular complexity index is 1020. The van der Waals surface area contributed by atoms with E-state index in [2.05, 4.69) is 35.6 Å². The van der Waals surface area contributed by atoms with Crippen LogP contribution in [0.25, 0.3) is 20.9 Å². The third-order valence-electron chi connectivity index (χ3n) is 6.03. The van der Waals surface area contributed by atoms with Crippen LogP contribution in [-0.4, -0.2) is 52.5 Å². The fourth-order valence-corrected chi connectivity index (χ4v) is 4.74. The second-order valence-corrected chi connectivity index (χ2v) is 10.0. The fraction of sp³-hybridized carbons (Fsp3) is 0.619. The van der Waals surface area contributed by atoms with Gasteiger partial charge in [0.1, 0.15) is 5.82 Å². The SMILES string of the molecule is CC(N=[N+]=[N-])C(CN1C(C)(C)CC(NC(=O)C(=O)Nc2ccc(Cl)c(F)c2)CC1(C)C)N=[N+]=[N-]. The zero-order valence-corrected chi connectivity index (χ0v) is 20.5. The van der Waals surface area contributed by atoms with E-state index in [0.29, 0.717) is 19.4 Å². The van der Waals surface area contributed by atoms with E-state index >= 15 is 0 Å². The lowest BCUT2D eigenvalue weighted by atomic mass is 9.76. The lowest BCUT2D eigenvalue weighted by Crippen LogP contribution is -2.66. The molecule has 2 amide bonds. The highest BCUT2D eigenvalue weighted by Crippen LogP contribution is 2.39. The van der Waals surface area contributed by atoms with Crippen LogP contribution in [0.5, 0.6) is 0 Å². The Morgan fingerprint density at radius 2 is 1.76 bits per heavy atom. The summed E-state index contributed by atoms with van der Waals surface area (Å²) in [6.07, 6.45) is 1.04. The van der Waals surface area contributed by atoms with E-state index < -0.39 is 40.8 Å². The molecule has 0 radical (unpaired) electrons. The van der Waals surface area contributed by atoms with Crippen LogP contribution in [0, 0.1) is 5.82 Å². The molecule has 1 aromatic rings. The molecule has 0 saturated carbocycles. The van der Waals surface area contributed by atoms with E-state index in [4.69, 9.17) is 22.7 Å². The second kappa shape index (κ2) is 10.9. The smallest absolute Gasteiger partial charge is 0.313 e. The van der Waals surface area contributed by atoms with Crippen molar-refractivity contribution in [1.82, 2.24) is 10.2 Å². The summed E-state index contributed by atoms with van der Waals surface area (Å²) in [6, 6.07) is 2.31. The summed E-state index contributed by atoms with van der Waals surface area (Å²) in [6.45, 7) is 10.0. The molecule has 34 heavy (non-hydrogen) atoms. The lowest BCUT2D eigenvalue weighted by molar-refractivity contribution is -0.137. The van der Waals surface area contributed by atoms with Crippen LogP contribution in [-0.2, 0) is 9.59 Å². The third-order valence-corrected chi connectivity index (χ3v) is 6.34. The average Bonchev–Trinajstić information content (AvgIpc) is 2.71. The lowest BCUT2D eigenvalue weighted by Gasteiger charge is -2.56. The van der Waals surface area contributed by atoms with Crippen molar-refractivity contribution in [2.24, 2.45) is 10.2 Å². The van der Waals surface area contributed by atoms with Crippen molar-refractivity contribution in [2.75, 3.05) is 11.9 Å². The number of halogens is 2. The Morgan fingerprint density at radius 1 is 1.18 bits per heavy atom. The van der Waals surface area contributed by atoms with Gasteiger partial charge >= 0.3 is 11.8 Å². The minimum atomic E-state index is -0.911. The molecule has 0 aliphatic carbocycles. The molecule has 1 aliphatic rings. The highest BCUT2D eigenvalue weighted by atomic mass is 35.5. The molecular formula is C21H29ClFN9O2. The second-order valence-electron chi connectivity index (χ2n) is 9.61. The van der Waals surface area contributed by atoms with Gasteiger partial charge < -0.3 is 10.6 Å². The Balaban J connectivity index is 2.11. The van der Waals surface area contributed by atoms with Gasteiger partial charge in [-0.3, -0.25) is 14.5 Å². The molecule has 2 rings (SSSR count). The molecule has 1 fully saturated rings. The summed E-state index contributed by atoms with van der Waals surface area (Å²) in [5.41, 5.74) is 16.9. The Hall–Kier alpha value is -3.04. The van der Waals surface area contributed by atoms with Crippen molar-refractivity contribution in [3.05, 3.63) is 49.9 Å². The molecule has 1 aromatic carbocycles. The van der Waals surface area contributed by atoms with Crippen molar-refractivity contribution in [3.8, 4) is 0 Å². The summed E-state index contributed by atoms with van der Waals surface area (Å²) in [5, 5.41) is 12.6. The van der Waals surface area contributed by atoms with Crippen LogP contribution in [0.3, 0.4) is 0 Å². The molecule has 13 heteroatoms. The summed E-state index contributed by atoms with van der Waals surface area (Å²) in [7, 11) is 0. The van der Waals surface area contributed by atoms with E-state index in [0.717, 1.165) is 6.07 Å². The van der Waals surface area contributed by atoms with E-state index in [-0.39, 0.29) is 16.8 Å². The van der Waals surface area contributed by atoms with E-state index in [9.17, 15) is 14.0 Å². The number of benzene rings is 1. The van der Waals surface area contributed by atoms with Gasteiger partial charge in [0, 0.05) is 45.2 Å². The minimum absolute atomic E-state index is 0.0878. The minimum Gasteiger partial charge on any atom is -0.345 e. The topological polar surface area (TPSA) is 159 Å². The summed E-state index contributed by atoms with van der Waals surface area (Å²) in [5.74, 6) is -2.44. The highest BCUT2D eigenvalue weighted by Gasteiger charge is 2.46. The molecule has 11 nitrogen and oxygen atoms in total. The molecule has 1 aliphatic heterocycles. The van der Waals surface area contributed by atoms with Gasteiger partial charge in [-0.25, -0.2) is 4.39 Å². The predicted molar refractivity (Wildman–Crippen MR) is 128 cm³/mol. The zero-order valence-electron chi connectivity index (χ0n) is 19.8. The van der Waals surface area contributed by atoms with Gasteiger partial charge in [-0.2, -0.15) is 0 Å². The number of amides is 2. The van der Waals surface area contributed by atoms with Gasteiger partial charge in [0.05, 0.1) is 11.1 Å². The number of rotatable bonds is 7. The Labute approximate surface area is 202 Å². The number of nitrogens with one attached hydrogen (secondary N) is 2. The van der Waals surface area contributed by atoms with Gasteiger partial charge in [-0.1, -0.05) is 28.8 Å². The van der Waals surface area contributed by atoms with Crippen LogP contribution in [0.4, 0.5) is 10.1 Å². The number of piperidine rings is 1. The average molecular weight is 494 g/mol. The molecule has 1 heterocycles. The fourth-order valence-electron chi connectivity index (χ4n) is 4.62. The highest BCUT2D eigenvalue weighted by molar-refractivity contribution is 6.39. The van der Waals surface area contributed by atoms with Gasteiger partial charge in [0.2, 0.25) is 0 Å². The molecule has 0 bridgehead atoms. The molecule has 2 atom stereocenters. The molecule has 2 N–H and O–H groups in total. The Kier molecular flexibility index (Phi) is 8.74. The molecule has 0 spiro atoms. The Morgan fingerprint density at radius 3 is 2.29 bits per heavy atom. The maximum Gasteiger partial charge on any atom is 0.313 e. The largest absolute Gasteiger partial charge is 0.345 e. The monoisotopic (exact) mass is 493 g/mol. The van der Waals surface area contributed by atoms with Crippen molar-refractivity contribution in [2.45, 2.75) is 76.7 Å². The summed E-state index contributed by atoms with van der Waals surface area (Å²) >= 11 is 5.64. The van der Waals surface area contributed by atoms with E-state index in [1.807, 2.05) is 27.7 Å². The van der Waals surface area contributed by atoms with Gasteiger partial charge in [0.25, 0.3) is 0 Å².